The minimum Gasteiger partial charge on any atom is -0.349 e. The molecular formula is C11H20N4O2. The topological polar surface area (TPSA) is 87.8 Å². The third kappa shape index (κ3) is 3.03. The third-order valence-electron chi connectivity index (χ3n) is 2.24. The van der Waals surface area contributed by atoms with E-state index in [4.69, 9.17) is 5.84 Å². The van der Waals surface area contributed by atoms with Crippen molar-refractivity contribution in [3.63, 3.8) is 0 Å². The van der Waals surface area contributed by atoms with Crippen molar-refractivity contribution in [2.75, 3.05) is 0 Å². The second-order valence-electron chi connectivity index (χ2n) is 5.49. The van der Waals surface area contributed by atoms with Gasteiger partial charge in [0.15, 0.2) is 0 Å². The summed E-state index contributed by atoms with van der Waals surface area (Å²) in [5.74, 6) is 5.16. The smallest absolute Gasteiger partial charge is 0.276 e. The molecular weight excluding hydrogens is 220 g/mol. The van der Waals surface area contributed by atoms with Gasteiger partial charge in [-0.1, -0.05) is 13.8 Å². The number of carbonyl (C=O) groups excluding carboxylic acids is 2. The lowest BCUT2D eigenvalue weighted by Gasteiger charge is -2.21. The summed E-state index contributed by atoms with van der Waals surface area (Å²) in [5.41, 5.74) is -0.396. The summed E-state index contributed by atoms with van der Waals surface area (Å²) in [4.78, 5) is 27.7. The summed E-state index contributed by atoms with van der Waals surface area (Å²) in [6, 6.07) is -1.04. The van der Waals surface area contributed by atoms with Gasteiger partial charge in [-0.05, 0) is 20.8 Å². The van der Waals surface area contributed by atoms with E-state index in [1.807, 2.05) is 34.6 Å². The van der Waals surface area contributed by atoms with E-state index in [2.05, 4.69) is 10.3 Å². The van der Waals surface area contributed by atoms with Gasteiger partial charge in [-0.25, -0.2) is 15.8 Å². The van der Waals surface area contributed by atoms with Crippen LogP contribution < -0.4 is 11.2 Å². The van der Waals surface area contributed by atoms with Crippen molar-refractivity contribution in [2.24, 2.45) is 16.8 Å². The summed E-state index contributed by atoms with van der Waals surface area (Å²) < 4.78 is 0. The zero-order valence-corrected chi connectivity index (χ0v) is 10.9. The molecule has 6 heteroatoms. The number of amides is 2. The van der Waals surface area contributed by atoms with E-state index in [-0.39, 0.29) is 5.92 Å². The Morgan fingerprint density at radius 1 is 1.47 bits per heavy atom. The summed E-state index contributed by atoms with van der Waals surface area (Å²) in [7, 11) is 0. The molecule has 0 aliphatic carbocycles. The Labute approximate surface area is 101 Å². The molecule has 96 valence electrons. The highest BCUT2D eigenvalue weighted by molar-refractivity contribution is 6.16. The van der Waals surface area contributed by atoms with Crippen molar-refractivity contribution in [3.05, 3.63) is 0 Å². The average Bonchev–Trinajstić information content (AvgIpc) is 2.41. The van der Waals surface area contributed by atoms with E-state index in [0.29, 0.717) is 5.84 Å². The minimum absolute atomic E-state index is 0.0105. The molecule has 6 nitrogen and oxygen atoms in total. The Morgan fingerprint density at radius 3 is 2.35 bits per heavy atom. The van der Waals surface area contributed by atoms with E-state index in [1.54, 1.807) is 0 Å². The molecule has 1 heterocycles. The molecule has 0 aromatic heterocycles. The third-order valence-corrected chi connectivity index (χ3v) is 2.24. The molecule has 1 atom stereocenters. The van der Waals surface area contributed by atoms with Crippen molar-refractivity contribution in [1.82, 2.24) is 10.3 Å². The summed E-state index contributed by atoms with van der Waals surface area (Å²) >= 11 is 0. The highest BCUT2D eigenvalue weighted by Crippen LogP contribution is 2.14. The molecule has 0 bridgehead atoms. The zero-order chi connectivity index (χ0) is 13.4. The Hall–Kier alpha value is -1.43. The van der Waals surface area contributed by atoms with Crippen molar-refractivity contribution >= 4 is 17.6 Å². The lowest BCUT2D eigenvalue weighted by Crippen LogP contribution is -2.50. The van der Waals surface area contributed by atoms with E-state index >= 15 is 0 Å². The van der Waals surface area contributed by atoms with E-state index in [0.717, 1.165) is 5.01 Å². The molecule has 1 aliphatic rings. The van der Waals surface area contributed by atoms with Gasteiger partial charge in [0.2, 0.25) is 6.04 Å². The SMILES string of the molecule is CC(C)C1=NC(C(=O)NC(C)(C)C)C(=O)N1N. The first-order valence-corrected chi connectivity index (χ1v) is 5.62. The predicted molar refractivity (Wildman–Crippen MR) is 65.0 cm³/mol. The molecule has 0 aromatic rings. The first-order chi connectivity index (χ1) is 7.63. The van der Waals surface area contributed by atoms with Gasteiger partial charge in [0.1, 0.15) is 5.84 Å². The monoisotopic (exact) mass is 240 g/mol. The number of hydrogen-bond donors (Lipinski definition) is 2. The molecule has 1 aliphatic heterocycles. The first-order valence-electron chi connectivity index (χ1n) is 5.62. The van der Waals surface area contributed by atoms with Gasteiger partial charge in [0.25, 0.3) is 11.8 Å². The van der Waals surface area contributed by atoms with Crippen molar-refractivity contribution < 1.29 is 9.59 Å². The number of carbonyl (C=O) groups is 2. The van der Waals surface area contributed by atoms with Crippen LogP contribution in [-0.2, 0) is 9.59 Å². The van der Waals surface area contributed by atoms with Crippen LogP contribution in [0.5, 0.6) is 0 Å². The van der Waals surface area contributed by atoms with Crippen LogP contribution >= 0.6 is 0 Å². The number of hydrogen-bond acceptors (Lipinski definition) is 4. The Morgan fingerprint density at radius 2 is 2.00 bits per heavy atom. The summed E-state index contributed by atoms with van der Waals surface area (Å²) in [6.07, 6.45) is 0. The van der Waals surface area contributed by atoms with Gasteiger partial charge in [-0.2, -0.15) is 0 Å². The maximum atomic E-state index is 11.9. The molecule has 0 fully saturated rings. The standard InChI is InChI=1S/C11H20N4O2/c1-6(2)8-13-7(10(17)15(8)12)9(16)14-11(3,4)5/h6-7H,12H2,1-5H3,(H,14,16). The minimum atomic E-state index is -1.04. The zero-order valence-electron chi connectivity index (χ0n) is 10.9. The number of amidine groups is 1. The number of nitrogens with two attached hydrogens (primary N) is 1. The molecule has 1 rings (SSSR count). The number of nitrogens with zero attached hydrogens (tertiary/aromatic N) is 2. The average molecular weight is 240 g/mol. The second kappa shape index (κ2) is 4.44. The fraction of sp³-hybridized carbons (Fsp3) is 0.727. The van der Waals surface area contributed by atoms with Gasteiger partial charge in [0.05, 0.1) is 0 Å². The number of nitrogens with one attached hydrogen (secondary N) is 1. The van der Waals surface area contributed by atoms with Gasteiger partial charge in [-0.15, -0.1) is 0 Å². The molecule has 0 aromatic carbocycles. The fourth-order valence-electron chi connectivity index (χ4n) is 1.53. The van der Waals surface area contributed by atoms with Crippen LogP contribution in [-0.4, -0.2) is 34.2 Å². The molecule has 0 spiro atoms. The summed E-state index contributed by atoms with van der Waals surface area (Å²) in [5, 5.41) is 3.69. The summed E-state index contributed by atoms with van der Waals surface area (Å²) in [6.45, 7) is 9.28. The van der Waals surface area contributed by atoms with Crippen LogP contribution in [0.1, 0.15) is 34.6 Å². The first kappa shape index (κ1) is 13.6. The van der Waals surface area contributed by atoms with Crippen LogP contribution in [0, 0.1) is 5.92 Å². The van der Waals surface area contributed by atoms with Crippen LogP contribution in [0.25, 0.3) is 0 Å². The van der Waals surface area contributed by atoms with Crippen LogP contribution in [0.15, 0.2) is 4.99 Å². The molecule has 17 heavy (non-hydrogen) atoms. The number of rotatable bonds is 2. The lowest BCUT2D eigenvalue weighted by atomic mass is 10.1. The molecule has 1 unspecified atom stereocenters. The maximum absolute atomic E-state index is 11.9. The normalized spacial score (nSPS) is 20.9. The van der Waals surface area contributed by atoms with Gasteiger partial charge in [0, 0.05) is 11.5 Å². The Balaban J connectivity index is 2.86. The van der Waals surface area contributed by atoms with E-state index in [9.17, 15) is 9.59 Å². The Kier molecular flexibility index (Phi) is 3.56. The van der Waals surface area contributed by atoms with E-state index < -0.39 is 23.4 Å². The van der Waals surface area contributed by atoms with Crippen molar-refractivity contribution in [1.29, 1.82) is 0 Å². The highest BCUT2D eigenvalue weighted by Gasteiger charge is 2.39. The number of hydrazine groups is 1. The van der Waals surface area contributed by atoms with Gasteiger partial charge in [-0.3, -0.25) is 9.59 Å². The van der Waals surface area contributed by atoms with Crippen molar-refractivity contribution in [3.8, 4) is 0 Å². The van der Waals surface area contributed by atoms with Crippen LogP contribution in [0.3, 0.4) is 0 Å². The van der Waals surface area contributed by atoms with Crippen molar-refractivity contribution in [2.45, 2.75) is 46.2 Å². The maximum Gasteiger partial charge on any atom is 0.276 e. The Bertz CT molecular complexity index is 368. The second-order valence-corrected chi connectivity index (χ2v) is 5.49. The number of aliphatic imine (C=N–C) groups is 1. The molecule has 0 radical (unpaired) electrons. The van der Waals surface area contributed by atoms with Gasteiger partial charge < -0.3 is 5.32 Å². The molecule has 0 saturated heterocycles. The van der Waals surface area contributed by atoms with Crippen LogP contribution in [0.2, 0.25) is 0 Å². The quantitative estimate of drug-likeness (QED) is 0.406. The molecule has 0 saturated carbocycles. The molecule has 2 amide bonds. The van der Waals surface area contributed by atoms with Gasteiger partial charge >= 0.3 is 0 Å². The highest BCUT2D eigenvalue weighted by atomic mass is 16.2. The molecule has 3 N–H and O–H groups in total. The van der Waals surface area contributed by atoms with Crippen LogP contribution in [0.4, 0.5) is 0 Å². The fourth-order valence-corrected chi connectivity index (χ4v) is 1.53. The lowest BCUT2D eigenvalue weighted by molar-refractivity contribution is -0.134. The van der Waals surface area contributed by atoms with E-state index in [1.165, 1.54) is 0 Å². The predicted octanol–water partition coefficient (Wildman–Crippen LogP) is 0.0401. The largest absolute Gasteiger partial charge is 0.349 e.